The maximum Gasteiger partial charge on any atom is 0.0367 e. The molecule has 0 aliphatic heterocycles. The predicted molar refractivity (Wildman–Crippen MR) is 85.9 cm³/mol. The second-order valence-electron chi connectivity index (χ2n) is 4.33. The van der Waals surface area contributed by atoms with E-state index in [0.717, 1.165) is 24.5 Å². The lowest BCUT2D eigenvalue weighted by molar-refractivity contribution is 0.872. The minimum atomic E-state index is 0.818. The summed E-state index contributed by atoms with van der Waals surface area (Å²) in [4.78, 5) is 3.70. The van der Waals surface area contributed by atoms with Gasteiger partial charge in [0.05, 0.1) is 0 Å². The first-order valence-electron chi connectivity index (χ1n) is 6.58. The summed E-state index contributed by atoms with van der Waals surface area (Å²) in [5.41, 5.74) is 7.78. The summed E-state index contributed by atoms with van der Waals surface area (Å²) in [6, 6.07) is 18.6. The molecule has 0 saturated carbocycles. The van der Waals surface area contributed by atoms with E-state index < -0.39 is 0 Å². The Morgan fingerprint density at radius 2 is 1.68 bits per heavy atom. The van der Waals surface area contributed by atoms with Gasteiger partial charge in [0, 0.05) is 35.1 Å². The van der Waals surface area contributed by atoms with E-state index in [0.29, 0.717) is 0 Å². The molecule has 0 heterocycles. The summed E-state index contributed by atoms with van der Waals surface area (Å²) >= 11 is 1.90. The van der Waals surface area contributed by atoms with Crippen molar-refractivity contribution in [3.05, 3.63) is 54.6 Å². The molecule has 0 unspecified atom stereocenters. The Balaban J connectivity index is 1.87. The van der Waals surface area contributed by atoms with Crippen LogP contribution in [0.25, 0.3) is 0 Å². The van der Waals surface area contributed by atoms with Crippen LogP contribution in [0, 0.1) is 0 Å². The Morgan fingerprint density at radius 3 is 2.32 bits per heavy atom. The monoisotopic (exact) mass is 272 g/mol. The summed E-state index contributed by atoms with van der Waals surface area (Å²) in [6.07, 6.45) is 0. The van der Waals surface area contributed by atoms with Gasteiger partial charge >= 0.3 is 0 Å². The molecule has 2 aromatic carbocycles. The van der Waals surface area contributed by atoms with Crippen LogP contribution >= 0.6 is 11.8 Å². The molecular weight excluding hydrogens is 252 g/mol. The van der Waals surface area contributed by atoms with Gasteiger partial charge < -0.3 is 10.6 Å². The van der Waals surface area contributed by atoms with Crippen LogP contribution in [0.5, 0.6) is 0 Å². The van der Waals surface area contributed by atoms with Gasteiger partial charge in [0.1, 0.15) is 0 Å². The molecule has 0 aromatic heterocycles. The van der Waals surface area contributed by atoms with Gasteiger partial charge in [-0.25, -0.2) is 0 Å². The van der Waals surface area contributed by atoms with Crippen molar-refractivity contribution in [2.24, 2.45) is 0 Å². The second kappa shape index (κ2) is 7.10. The van der Waals surface area contributed by atoms with E-state index in [2.05, 4.69) is 54.3 Å². The Kier molecular flexibility index (Phi) is 5.16. The van der Waals surface area contributed by atoms with E-state index in [9.17, 15) is 0 Å². The van der Waals surface area contributed by atoms with Crippen molar-refractivity contribution in [3.8, 4) is 0 Å². The molecule has 3 heteroatoms. The third kappa shape index (κ3) is 4.21. The molecule has 0 saturated heterocycles. The molecule has 2 N–H and O–H groups in total. The minimum Gasteiger partial charge on any atom is -0.399 e. The Hall–Kier alpha value is -1.61. The van der Waals surface area contributed by atoms with Gasteiger partial charge in [-0.15, -0.1) is 11.8 Å². The first-order valence-corrected chi connectivity index (χ1v) is 7.56. The van der Waals surface area contributed by atoms with Crippen LogP contribution in [-0.2, 0) is 0 Å². The summed E-state index contributed by atoms with van der Waals surface area (Å²) in [6.45, 7) is 4.24. The standard InChI is InChI=1S/C16H20N2S/c1-2-18(15-10-8-14(17)9-11-15)12-13-19-16-6-4-3-5-7-16/h3-11H,2,12-13,17H2,1H3. The molecule has 0 fully saturated rings. The molecule has 19 heavy (non-hydrogen) atoms. The molecule has 0 bridgehead atoms. The lowest BCUT2D eigenvalue weighted by Crippen LogP contribution is -2.25. The average Bonchev–Trinajstić information content (AvgIpc) is 2.46. The fourth-order valence-corrected chi connectivity index (χ4v) is 2.84. The van der Waals surface area contributed by atoms with Gasteiger partial charge in [-0.3, -0.25) is 0 Å². The quantitative estimate of drug-likeness (QED) is 0.639. The van der Waals surface area contributed by atoms with Crippen LogP contribution < -0.4 is 10.6 Å². The Morgan fingerprint density at radius 1 is 1.00 bits per heavy atom. The largest absolute Gasteiger partial charge is 0.399 e. The number of nitrogen functional groups attached to an aromatic ring is 1. The topological polar surface area (TPSA) is 29.3 Å². The first kappa shape index (κ1) is 13.8. The smallest absolute Gasteiger partial charge is 0.0367 e. The summed E-state index contributed by atoms with van der Waals surface area (Å²) in [7, 11) is 0. The second-order valence-corrected chi connectivity index (χ2v) is 5.50. The fourth-order valence-electron chi connectivity index (χ4n) is 1.95. The molecule has 0 aliphatic carbocycles. The van der Waals surface area contributed by atoms with Gasteiger partial charge in [-0.05, 0) is 43.3 Å². The van der Waals surface area contributed by atoms with Crippen molar-refractivity contribution in [1.82, 2.24) is 0 Å². The summed E-state index contributed by atoms with van der Waals surface area (Å²) in [5, 5.41) is 0. The molecule has 100 valence electrons. The lowest BCUT2D eigenvalue weighted by Gasteiger charge is -2.23. The van der Waals surface area contributed by atoms with E-state index in [4.69, 9.17) is 5.73 Å². The van der Waals surface area contributed by atoms with Gasteiger partial charge in [0.15, 0.2) is 0 Å². The number of nitrogens with zero attached hydrogens (tertiary/aromatic N) is 1. The summed E-state index contributed by atoms with van der Waals surface area (Å²) < 4.78 is 0. The van der Waals surface area contributed by atoms with Crippen molar-refractivity contribution in [3.63, 3.8) is 0 Å². The predicted octanol–water partition coefficient (Wildman–Crippen LogP) is 3.89. The van der Waals surface area contributed by atoms with E-state index in [1.807, 2.05) is 23.9 Å². The van der Waals surface area contributed by atoms with Crippen molar-refractivity contribution < 1.29 is 0 Å². The number of rotatable bonds is 6. The van der Waals surface area contributed by atoms with E-state index in [1.165, 1.54) is 10.6 Å². The number of benzene rings is 2. The molecule has 0 spiro atoms. The van der Waals surface area contributed by atoms with Crippen molar-refractivity contribution in [2.75, 3.05) is 29.5 Å². The van der Waals surface area contributed by atoms with Crippen LogP contribution in [0.4, 0.5) is 11.4 Å². The van der Waals surface area contributed by atoms with E-state index in [-0.39, 0.29) is 0 Å². The SMILES string of the molecule is CCN(CCSc1ccccc1)c1ccc(N)cc1. The van der Waals surface area contributed by atoms with E-state index in [1.54, 1.807) is 0 Å². The minimum absolute atomic E-state index is 0.818. The highest BCUT2D eigenvalue weighted by atomic mass is 32.2. The maximum atomic E-state index is 5.72. The number of hydrogen-bond donors (Lipinski definition) is 1. The van der Waals surface area contributed by atoms with Gasteiger partial charge in [0.25, 0.3) is 0 Å². The maximum absolute atomic E-state index is 5.72. The van der Waals surface area contributed by atoms with Gasteiger partial charge in [-0.2, -0.15) is 0 Å². The Labute approximate surface area is 119 Å². The normalized spacial score (nSPS) is 10.4. The Bertz CT molecular complexity index is 482. The third-order valence-corrected chi connectivity index (χ3v) is 4.01. The van der Waals surface area contributed by atoms with Crippen molar-refractivity contribution in [2.45, 2.75) is 11.8 Å². The zero-order chi connectivity index (χ0) is 13.5. The third-order valence-electron chi connectivity index (χ3n) is 3.01. The first-order chi connectivity index (χ1) is 9.29. The van der Waals surface area contributed by atoms with Crippen molar-refractivity contribution in [1.29, 1.82) is 0 Å². The molecule has 2 rings (SSSR count). The highest BCUT2D eigenvalue weighted by Crippen LogP contribution is 2.20. The van der Waals surface area contributed by atoms with Crippen molar-refractivity contribution >= 4 is 23.1 Å². The van der Waals surface area contributed by atoms with Gasteiger partial charge in [-0.1, -0.05) is 18.2 Å². The molecule has 0 amide bonds. The summed E-state index contributed by atoms with van der Waals surface area (Å²) in [5.74, 6) is 1.09. The molecule has 0 aliphatic rings. The van der Waals surface area contributed by atoms with Crippen LogP contribution in [-0.4, -0.2) is 18.8 Å². The number of hydrogen-bond acceptors (Lipinski definition) is 3. The zero-order valence-electron chi connectivity index (χ0n) is 11.3. The molecule has 0 atom stereocenters. The highest BCUT2D eigenvalue weighted by Gasteiger charge is 2.04. The van der Waals surface area contributed by atoms with Crippen LogP contribution in [0.15, 0.2) is 59.5 Å². The average molecular weight is 272 g/mol. The van der Waals surface area contributed by atoms with Gasteiger partial charge in [0.2, 0.25) is 0 Å². The molecular formula is C16H20N2S. The number of nitrogens with two attached hydrogens (primary N) is 1. The molecule has 2 aromatic rings. The lowest BCUT2D eigenvalue weighted by atomic mass is 10.2. The number of anilines is 2. The highest BCUT2D eigenvalue weighted by molar-refractivity contribution is 7.99. The zero-order valence-corrected chi connectivity index (χ0v) is 12.1. The van der Waals surface area contributed by atoms with Crippen LogP contribution in [0.2, 0.25) is 0 Å². The fraction of sp³-hybridized carbons (Fsp3) is 0.250. The molecule has 0 radical (unpaired) electrons. The van der Waals surface area contributed by atoms with Crippen LogP contribution in [0.3, 0.4) is 0 Å². The van der Waals surface area contributed by atoms with Crippen LogP contribution in [0.1, 0.15) is 6.92 Å². The molecule has 2 nitrogen and oxygen atoms in total. The number of thioether (sulfide) groups is 1. The van der Waals surface area contributed by atoms with E-state index >= 15 is 0 Å².